The fraction of sp³-hybridized carbons (Fsp3) is 0.375. The molecule has 0 aromatic heterocycles. The maximum absolute atomic E-state index is 12.1. The largest absolute Gasteiger partial charge is 0.480 e. The Kier molecular flexibility index (Phi) is 4.87. The zero-order valence-corrected chi connectivity index (χ0v) is 13.4. The summed E-state index contributed by atoms with van der Waals surface area (Å²) in [5.74, 6) is -2.43. The standard InChI is InChI=1S/C16H19N3O5/c1-16(2)14(23)19(15(24)18-16)9-12(20)17-11(13(21)22)8-10-6-4-3-5-7-10/h3-7,11H,8-9H2,1-2H3,(H,17,20)(H,18,24)(H,21,22)/t11-/m0/s1. The molecule has 0 spiro atoms. The molecule has 0 radical (unpaired) electrons. The van der Waals surface area contributed by atoms with Gasteiger partial charge in [-0.1, -0.05) is 30.3 Å². The highest BCUT2D eigenvalue weighted by atomic mass is 16.4. The lowest BCUT2D eigenvalue weighted by molar-refractivity contribution is -0.142. The fourth-order valence-electron chi connectivity index (χ4n) is 2.39. The molecular weight excluding hydrogens is 314 g/mol. The Morgan fingerprint density at radius 1 is 1.25 bits per heavy atom. The zero-order chi connectivity index (χ0) is 17.9. The zero-order valence-electron chi connectivity index (χ0n) is 13.4. The molecule has 0 saturated carbocycles. The van der Waals surface area contributed by atoms with E-state index in [0.717, 1.165) is 10.5 Å². The lowest BCUT2D eigenvalue weighted by Crippen LogP contribution is -2.48. The minimum absolute atomic E-state index is 0.105. The van der Waals surface area contributed by atoms with Crippen LogP contribution in [0.2, 0.25) is 0 Å². The molecule has 8 heteroatoms. The number of hydrogen-bond acceptors (Lipinski definition) is 4. The van der Waals surface area contributed by atoms with E-state index >= 15 is 0 Å². The van der Waals surface area contributed by atoms with Crippen LogP contribution in [0.25, 0.3) is 0 Å². The average molecular weight is 333 g/mol. The lowest BCUT2D eigenvalue weighted by Gasteiger charge is -2.18. The quantitative estimate of drug-likeness (QED) is 0.640. The highest BCUT2D eigenvalue weighted by molar-refractivity contribution is 6.08. The second kappa shape index (κ2) is 6.69. The number of aliphatic carboxylic acids is 1. The number of carbonyl (C=O) groups excluding carboxylic acids is 3. The smallest absolute Gasteiger partial charge is 0.326 e. The molecule has 1 heterocycles. The van der Waals surface area contributed by atoms with Gasteiger partial charge >= 0.3 is 12.0 Å². The first-order valence-electron chi connectivity index (χ1n) is 7.41. The van der Waals surface area contributed by atoms with Crippen LogP contribution in [0.5, 0.6) is 0 Å². The predicted molar refractivity (Wildman–Crippen MR) is 84.0 cm³/mol. The molecule has 1 aliphatic heterocycles. The van der Waals surface area contributed by atoms with Crippen LogP contribution >= 0.6 is 0 Å². The number of rotatable bonds is 6. The number of benzene rings is 1. The van der Waals surface area contributed by atoms with Crippen molar-refractivity contribution in [2.75, 3.05) is 6.54 Å². The van der Waals surface area contributed by atoms with Crippen LogP contribution < -0.4 is 10.6 Å². The molecule has 1 fully saturated rings. The van der Waals surface area contributed by atoms with Crippen molar-refractivity contribution in [3.05, 3.63) is 35.9 Å². The van der Waals surface area contributed by atoms with Gasteiger partial charge in [-0.05, 0) is 19.4 Å². The second-order valence-corrected chi connectivity index (χ2v) is 6.09. The fourth-order valence-corrected chi connectivity index (χ4v) is 2.39. The van der Waals surface area contributed by atoms with E-state index in [0.29, 0.717) is 0 Å². The molecule has 1 aliphatic rings. The van der Waals surface area contributed by atoms with Gasteiger partial charge in [0.1, 0.15) is 18.1 Å². The van der Waals surface area contributed by atoms with E-state index in [1.165, 1.54) is 13.8 Å². The minimum Gasteiger partial charge on any atom is -0.480 e. The molecule has 1 aromatic carbocycles. The summed E-state index contributed by atoms with van der Waals surface area (Å²) in [6.07, 6.45) is 0.105. The molecule has 128 valence electrons. The van der Waals surface area contributed by atoms with Crippen LogP contribution in [0.1, 0.15) is 19.4 Å². The number of urea groups is 1. The third-order valence-corrected chi connectivity index (χ3v) is 3.66. The number of carboxylic acids is 1. The van der Waals surface area contributed by atoms with Crippen molar-refractivity contribution in [3.63, 3.8) is 0 Å². The monoisotopic (exact) mass is 333 g/mol. The number of amides is 4. The van der Waals surface area contributed by atoms with Gasteiger partial charge in [0, 0.05) is 6.42 Å². The maximum atomic E-state index is 12.1. The molecule has 1 saturated heterocycles. The van der Waals surface area contributed by atoms with Gasteiger partial charge in [-0.25, -0.2) is 9.59 Å². The van der Waals surface area contributed by atoms with Gasteiger partial charge in [0.2, 0.25) is 5.91 Å². The van der Waals surface area contributed by atoms with E-state index < -0.39 is 41.9 Å². The Hall–Kier alpha value is -2.90. The number of hydrogen-bond donors (Lipinski definition) is 3. The number of carbonyl (C=O) groups is 4. The van der Waals surface area contributed by atoms with Crippen molar-refractivity contribution >= 4 is 23.8 Å². The third-order valence-electron chi connectivity index (χ3n) is 3.66. The number of nitrogens with zero attached hydrogens (tertiary/aromatic N) is 1. The van der Waals surface area contributed by atoms with E-state index in [9.17, 15) is 24.3 Å². The number of carboxylic acid groups (broad SMARTS) is 1. The first-order valence-corrected chi connectivity index (χ1v) is 7.41. The Labute approximate surface area is 138 Å². The van der Waals surface area contributed by atoms with Crippen molar-refractivity contribution in [1.29, 1.82) is 0 Å². The van der Waals surface area contributed by atoms with E-state index in [-0.39, 0.29) is 6.42 Å². The van der Waals surface area contributed by atoms with Crippen LogP contribution in [-0.4, -0.2) is 51.9 Å². The van der Waals surface area contributed by atoms with Crippen LogP contribution in [0.4, 0.5) is 4.79 Å². The van der Waals surface area contributed by atoms with Crippen LogP contribution in [0.3, 0.4) is 0 Å². The SMILES string of the molecule is CC1(C)NC(=O)N(CC(=O)N[C@@H](Cc2ccccc2)C(=O)O)C1=O. The summed E-state index contributed by atoms with van der Waals surface area (Å²) in [7, 11) is 0. The molecule has 0 unspecified atom stereocenters. The Balaban J connectivity index is 2.00. The highest BCUT2D eigenvalue weighted by Gasteiger charge is 2.45. The summed E-state index contributed by atoms with van der Waals surface area (Å²) in [4.78, 5) is 47.9. The third kappa shape index (κ3) is 3.89. The van der Waals surface area contributed by atoms with Crippen molar-refractivity contribution in [2.45, 2.75) is 31.8 Å². The van der Waals surface area contributed by atoms with Gasteiger partial charge in [-0.3, -0.25) is 14.5 Å². The lowest BCUT2D eigenvalue weighted by atomic mass is 10.1. The van der Waals surface area contributed by atoms with Gasteiger partial charge < -0.3 is 15.7 Å². The van der Waals surface area contributed by atoms with Crippen LogP contribution in [-0.2, 0) is 20.8 Å². The number of imide groups is 1. The van der Waals surface area contributed by atoms with Crippen LogP contribution in [0.15, 0.2) is 30.3 Å². The van der Waals surface area contributed by atoms with E-state index in [2.05, 4.69) is 10.6 Å². The van der Waals surface area contributed by atoms with Gasteiger partial charge in [0.05, 0.1) is 0 Å². The molecule has 0 aliphatic carbocycles. The molecular formula is C16H19N3O5. The van der Waals surface area contributed by atoms with Crippen molar-refractivity contribution < 1.29 is 24.3 Å². The van der Waals surface area contributed by atoms with Gasteiger partial charge in [0.15, 0.2) is 0 Å². The average Bonchev–Trinajstić information content (AvgIpc) is 2.69. The van der Waals surface area contributed by atoms with Gasteiger partial charge in [-0.15, -0.1) is 0 Å². The Morgan fingerprint density at radius 2 is 1.88 bits per heavy atom. The summed E-state index contributed by atoms with van der Waals surface area (Å²) >= 11 is 0. The Morgan fingerprint density at radius 3 is 2.38 bits per heavy atom. The van der Waals surface area contributed by atoms with Crippen molar-refractivity contribution in [2.24, 2.45) is 0 Å². The molecule has 0 bridgehead atoms. The topological polar surface area (TPSA) is 116 Å². The maximum Gasteiger partial charge on any atom is 0.326 e. The van der Waals surface area contributed by atoms with Crippen molar-refractivity contribution in [3.8, 4) is 0 Å². The van der Waals surface area contributed by atoms with E-state index in [1.54, 1.807) is 30.3 Å². The summed E-state index contributed by atoms with van der Waals surface area (Å²) < 4.78 is 0. The molecule has 3 N–H and O–H groups in total. The second-order valence-electron chi connectivity index (χ2n) is 6.09. The summed E-state index contributed by atoms with van der Waals surface area (Å²) in [6.45, 7) is 2.54. The normalized spacial score (nSPS) is 17.3. The van der Waals surface area contributed by atoms with Crippen LogP contribution in [0, 0.1) is 0 Å². The first kappa shape index (κ1) is 17.5. The van der Waals surface area contributed by atoms with Crippen molar-refractivity contribution in [1.82, 2.24) is 15.5 Å². The first-order chi connectivity index (χ1) is 11.2. The summed E-state index contributed by atoms with van der Waals surface area (Å²) in [6, 6.07) is 7.03. The molecule has 1 atom stereocenters. The summed E-state index contributed by atoms with van der Waals surface area (Å²) in [5.41, 5.74) is -0.325. The molecule has 4 amide bonds. The van der Waals surface area contributed by atoms with Gasteiger partial charge in [-0.2, -0.15) is 0 Å². The molecule has 8 nitrogen and oxygen atoms in total. The minimum atomic E-state index is -1.19. The van der Waals surface area contributed by atoms with E-state index in [1.807, 2.05) is 0 Å². The number of nitrogens with one attached hydrogen (secondary N) is 2. The Bertz CT molecular complexity index is 672. The highest BCUT2D eigenvalue weighted by Crippen LogP contribution is 2.16. The molecule has 24 heavy (non-hydrogen) atoms. The predicted octanol–water partition coefficient (Wildman–Crippen LogP) is 0.129. The summed E-state index contributed by atoms with van der Waals surface area (Å²) in [5, 5.41) is 14.1. The van der Waals surface area contributed by atoms with Gasteiger partial charge in [0.25, 0.3) is 5.91 Å². The van der Waals surface area contributed by atoms with E-state index in [4.69, 9.17) is 0 Å². The molecule has 2 rings (SSSR count). The molecule has 1 aromatic rings.